The number of carbonyl (C=O) groups excluding carboxylic acids is 1. The van der Waals surface area contributed by atoms with Gasteiger partial charge in [-0.3, -0.25) is 14.4 Å². The van der Waals surface area contributed by atoms with Crippen molar-refractivity contribution in [1.29, 1.82) is 0 Å². The largest absolute Gasteiger partial charge is 0.408 e. The molecule has 10 heteroatoms. The summed E-state index contributed by atoms with van der Waals surface area (Å²) < 4.78 is 64.5. The van der Waals surface area contributed by atoms with Crippen LogP contribution in [-0.2, 0) is 10.9 Å². The van der Waals surface area contributed by atoms with Gasteiger partial charge < -0.3 is 4.90 Å². The lowest BCUT2D eigenvalue weighted by molar-refractivity contribution is -0.189. The molecule has 2 aromatic rings. The maximum Gasteiger partial charge on any atom is 0.408 e. The van der Waals surface area contributed by atoms with Crippen LogP contribution in [0.4, 0.5) is 18.9 Å². The number of carbonyl (C=O) groups is 1. The lowest BCUT2D eigenvalue weighted by atomic mass is 10.0. The summed E-state index contributed by atoms with van der Waals surface area (Å²) in [6.45, 7) is 0.539. The minimum Gasteiger partial charge on any atom is -0.336 e. The van der Waals surface area contributed by atoms with E-state index in [9.17, 15) is 26.4 Å². The molecule has 1 atom stereocenters. The van der Waals surface area contributed by atoms with Crippen LogP contribution in [0.2, 0.25) is 0 Å². The summed E-state index contributed by atoms with van der Waals surface area (Å²) in [7, 11) is -2.80. The Morgan fingerprint density at radius 2 is 1.52 bits per heavy atom. The van der Waals surface area contributed by atoms with Gasteiger partial charge in [-0.25, -0.2) is 8.42 Å². The molecule has 6 nitrogen and oxygen atoms in total. The minimum atomic E-state index is -4.42. The molecule has 1 amide bonds. The molecule has 3 rings (SSSR count). The van der Waals surface area contributed by atoms with Gasteiger partial charge in [0.2, 0.25) is 10.9 Å². The van der Waals surface area contributed by atoms with E-state index in [0.29, 0.717) is 11.3 Å². The maximum absolute atomic E-state index is 13.7. The van der Waals surface area contributed by atoms with Crippen molar-refractivity contribution in [2.45, 2.75) is 12.2 Å². The number of nitrogens with one attached hydrogen (secondary N) is 1. The van der Waals surface area contributed by atoms with Crippen LogP contribution in [0.1, 0.15) is 22.0 Å². The van der Waals surface area contributed by atoms with Crippen molar-refractivity contribution < 1.29 is 26.4 Å². The summed E-state index contributed by atoms with van der Waals surface area (Å²) in [6, 6.07) is 11.9. The van der Waals surface area contributed by atoms with E-state index < -0.39 is 23.1 Å². The molecule has 0 radical (unpaired) electrons. The van der Waals surface area contributed by atoms with Crippen molar-refractivity contribution in [3.05, 3.63) is 65.7 Å². The third-order valence-corrected chi connectivity index (χ3v) is 5.18. The molecule has 156 valence electrons. The lowest BCUT2D eigenvalue weighted by Gasteiger charge is -2.40. The summed E-state index contributed by atoms with van der Waals surface area (Å²) >= 11 is 0. The Hall–Kier alpha value is -2.59. The Bertz CT molecular complexity index is 902. The van der Waals surface area contributed by atoms with Crippen LogP contribution in [0.3, 0.4) is 0 Å². The van der Waals surface area contributed by atoms with Gasteiger partial charge in [-0.1, -0.05) is 30.3 Å². The topological polar surface area (TPSA) is 69.7 Å². The summed E-state index contributed by atoms with van der Waals surface area (Å²) in [5.41, 5.74) is 0.860. The third kappa shape index (κ3) is 5.27. The number of rotatable bonds is 5. The van der Waals surface area contributed by atoms with Crippen LogP contribution in [0, 0.1) is 0 Å². The Labute approximate surface area is 168 Å². The van der Waals surface area contributed by atoms with Gasteiger partial charge in [-0.2, -0.15) is 13.2 Å². The second-order valence-electron chi connectivity index (χ2n) is 6.63. The lowest BCUT2D eigenvalue weighted by Crippen LogP contribution is -2.52. The van der Waals surface area contributed by atoms with Crippen molar-refractivity contribution in [3.8, 4) is 0 Å². The molecule has 0 saturated carbocycles. The maximum atomic E-state index is 13.7. The number of hydrogen-bond acceptors (Lipinski definition) is 4. The van der Waals surface area contributed by atoms with Gasteiger partial charge in [0.25, 0.3) is 5.91 Å². The van der Waals surface area contributed by atoms with Crippen molar-refractivity contribution in [2.75, 3.05) is 30.9 Å². The molecule has 1 fully saturated rings. The van der Waals surface area contributed by atoms with Gasteiger partial charge in [0.15, 0.2) is 0 Å². The van der Waals surface area contributed by atoms with Gasteiger partial charge >= 0.3 is 6.18 Å². The van der Waals surface area contributed by atoms with E-state index in [1.807, 2.05) is 0 Å². The molecule has 0 spiro atoms. The molecular weight excluding hydrogens is 407 g/mol. The molecule has 0 aromatic heterocycles. The van der Waals surface area contributed by atoms with Crippen LogP contribution in [0.15, 0.2) is 54.6 Å². The molecule has 0 bridgehead atoms. The number of piperazine rings is 1. The highest BCUT2D eigenvalue weighted by Crippen LogP contribution is 2.38. The third-order valence-electron chi connectivity index (χ3n) is 4.74. The van der Waals surface area contributed by atoms with Crippen molar-refractivity contribution >= 4 is 22.5 Å². The molecule has 1 saturated heterocycles. The Balaban J connectivity index is 1.66. The second kappa shape index (κ2) is 8.83. The Kier molecular flexibility index (Phi) is 6.43. The first-order valence-electron chi connectivity index (χ1n) is 8.92. The van der Waals surface area contributed by atoms with Crippen LogP contribution in [0.25, 0.3) is 0 Å². The van der Waals surface area contributed by atoms with E-state index in [4.69, 9.17) is 0 Å². The van der Waals surface area contributed by atoms with Crippen LogP contribution in [0.5, 0.6) is 0 Å². The summed E-state index contributed by atoms with van der Waals surface area (Å²) in [4.78, 5) is 15.5. The molecule has 1 unspecified atom stereocenters. The predicted octanol–water partition coefficient (Wildman–Crippen LogP) is 2.69. The molecule has 1 N–H and O–H groups in total. The monoisotopic (exact) mass is 427 g/mol. The number of hydrogen-bond donors (Lipinski definition) is 2. The zero-order valence-corrected chi connectivity index (χ0v) is 16.2. The van der Waals surface area contributed by atoms with Gasteiger partial charge in [0, 0.05) is 37.4 Å². The van der Waals surface area contributed by atoms with E-state index in [0.717, 1.165) is 0 Å². The number of nitrogens with zero attached hydrogens (tertiary/aromatic N) is 2. The van der Waals surface area contributed by atoms with Gasteiger partial charge in [-0.15, -0.1) is 0 Å². The summed E-state index contributed by atoms with van der Waals surface area (Å²) in [6.07, 6.45) is -4.42. The standard InChI is InChI=1S/C19H20F3N3O3S/c20-19(21,22)17(14-4-2-1-3-5-14)24-10-12-25(13-11-24)18(26)15-6-8-16(9-7-15)23-29(27)28/h1-9,17,29H,10-13H2,(H,23,27,28). The van der Waals surface area contributed by atoms with Gasteiger partial charge in [-0.05, 0) is 29.8 Å². The quantitative estimate of drug-likeness (QED) is 0.720. The van der Waals surface area contributed by atoms with Crippen LogP contribution >= 0.6 is 0 Å². The zero-order valence-electron chi connectivity index (χ0n) is 15.3. The van der Waals surface area contributed by atoms with E-state index in [1.165, 1.54) is 46.2 Å². The molecular formula is C19H20F3N3O3S. The fraction of sp³-hybridized carbons (Fsp3) is 0.316. The molecule has 29 heavy (non-hydrogen) atoms. The number of anilines is 1. The van der Waals surface area contributed by atoms with Gasteiger partial charge in [0.05, 0.1) is 0 Å². The number of thiol groups is 1. The van der Waals surface area contributed by atoms with E-state index in [1.54, 1.807) is 18.2 Å². The Morgan fingerprint density at radius 1 is 0.931 bits per heavy atom. The highest BCUT2D eigenvalue weighted by molar-refractivity contribution is 7.73. The first kappa shape index (κ1) is 21.1. The van der Waals surface area contributed by atoms with E-state index in [2.05, 4.69) is 4.72 Å². The van der Waals surface area contributed by atoms with Crippen LogP contribution < -0.4 is 4.72 Å². The number of halogens is 3. The molecule has 0 aliphatic carbocycles. The highest BCUT2D eigenvalue weighted by atomic mass is 32.2. The number of alkyl halides is 3. The van der Waals surface area contributed by atoms with Crippen molar-refractivity contribution in [2.24, 2.45) is 0 Å². The fourth-order valence-corrected chi connectivity index (χ4v) is 3.76. The molecule has 1 aliphatic rings. The predicted molar refractivity (Wildman–Crippen MR) is 103 cm³/mol. The number of benzene rings is 2. The van der Waals surface area contributed by atoms with Crippen molar-refractivity contribution in [3.63, 3.8) is 0 Å². The fourth-order valence-electron chi connectivity index (χ4n) is 3.40. The SMILES string of the molecule is O=C(c1ccc(N[SH](=O)=O)cc1)N1CCN(C(c2ccccc2)C(F)(F)F)CC1. The number of amides is 1. The second-order valence-corrected chi connectivity index (χ2v) is 7.37. The molecule has 2 aromatic carbocycles. The van der Waals surface area contributed by atoms with Crippen molar-refractivity contribution in [1.82, 2.24) is 9.80 Å². The van der Waals surface area contributed by atoms with Gasteiger partial charge in [0.1, 0.15) is 6.04 Å². The summed E-state index contributed by atoms with van der Waals surface area (Å²) in [5, 5.41) is 0. The molecule has 1 aliphatic heterocycles. The zero-order chi connectivity index (χ0) is 21.0. The Morgan fingerprint density at radius 3 is 2.03 bits per heavy atom. The first-order valence-corrected chi connectivity index (χ1v) is 10.1. The van der Waals surface area contributed by atoms with E-state index in [-0.39, 0.29) is 37.6 Å². The van der Waals surface area contributed by atoms with E-state index >= 15 is 0 Å². The van der Waals surface area contributed by atoms with Crippen LogP contribution in [-0.4, -0.2) is 56.5 Å². The minimum absolute atomic E-state index is 0.0983. The average Bonchev–Trinajstić information content (AvgIpc) is 2.68. The highest BCUT2D eigenvalue weighted by Gasteiger charge is 2.45. The first-order chi connectivity index (χ1) is 13.8. The smallest absolute Gasteiger partial charge is 0.336 e. The average molecular weight is 427 g/mol. The summed E-state index contributed by atoms with van der Waals surface area (Å²) in [5.74, 6) is -0.300. The normalized spacial score (nSPS) is 16.6. The molecule has 1 heterocycles.